The van der Waals surface area contributed by atoms with E-state index in [9.17, 15) is 4.79 Å². The summed E-state index contributed by atoms with van der Waals surface area (Å²) in [6, 6.07) is 8.42. The number of H-pyrrole nitrogens is 1. The molecule has 2 aliphatic rings. The maximum Gasteiger partial charge on any atom is 0.262 e. The Morgan fingerprint density at radius 3 is 2.79 bits per heavy atom. The van der Waals surface area contributed by atoms with E-state index in [1.807, 2.05) is 22.9 Å². The van der Waals surface area contributed by atoms with E-state index in [1.54, 1.807) is 13.3 Å². The molecule has 3 heterocycles. The van der Waals surface area contributed by atoms with Crippen molar-refractivity contribution in [3.8, 4) is 5.75 Å². The Kier molecular flexibility index (Phi) is 4.30. The molecule has 1 aliphatic carbocycles. The third-order valence-electron chi connectivity index (χ3n) is 6.09. The van der Waals surface area contributed by atoms with Crippen molar-refractivity contribution in [2.45, 2.75) is 44.1 Å². The van der Waals surface area contributed by atoms with Crippen LogP contribution in [0.2, 0.25) is 0 Å². The van der Waals surface area contributed by atoms with Crippen LogP contribution in [-0.4, -0.2) is 39.9 Å². The minimum atomic E-state index is -0.0816. The van der Waals surface area contributed by atoms with E-state index in [2.05, 4.69) is 21.0 Å². The molecule has 1 aromatic carbocycles. The van der Waals surface area contributed by atoms with Crippen LogP contribution in [-0.2, 0) is 0 Å². The quantitative estimate of drug-likeness (QED) is 0.753. The number of nitrogens with one attached hydrogen (secondary N) is 1. The number of rotatable bonds is 4. The van der Waals surface area contributed by atoms with Crippen LogP contribution >= 0.6 is 0 Å². The number of aromatic nitrogens is 4. The molecule has 5 rings (SSSR count). The first-order valence-electron chi connectivity index (χ1n) is 10.1. The highest BCUT2D eigenvalue weighted by atomic mass is 16.5. The van der Waals surface area contributed by atoms with Crippen LogP contribution in [0.5, 0.6) is 5.75 Å². The topological polar surface area (TPSA) is 76.0 Å². The van der Waals surface area contributed by atoms with Crippen molar-refractivity contribution in [3.05, 3.63) is 46.6 Å². The average Bonchev–Trinajstić information content (AvgIpc) is 3.12. The van der Waals surface area contributed by atoms with Crippen molar-refractivity contribution < 1.29 is 4.74 Å². The molecular formula is C21H25N5O2. The Morgan fingerprint density at radius 1 is 1.18 bits per heavy atom. The fourth-order valence-electron chi connectivity index (χ4n) is 4.41. The van der Waals surface area contributed by atoms with Crippen LogP contribution in [0.15, 0.2) is 35.3 Å². The zero-order valence-corrected chi connectivity index (χ0v) is 16.1. The van der Waals surface area contributed by atoms with E-state index in [0.717, 1.165) is 48.8 Å². The van der Waals surface area contributed by atoms with Crippen molar-refractivity contribution in [1.29, 1.82) is 0 Å². The molecule has 7 nitrogen and oxygen atoms in total. The number of hydrogen-bond donors (Lipinski definition) is 1. The van der Waals surface area contributed by atoms with Gasteiger partial charge in [0, 0.05) is 24.8 Å². The van der Waals surface area contributed by atoms with E-state index in [0.29, 0.717) is 11.4 Å². The van der Waals surface area contributed by atoms with E-state index in [4.69, 9.17) is 9.72 Å². The largest absolute Gasteiger partial charge is 0.497 e. The lowest BCUT2D eigenvalue weighted by Crippen LogP contribution is -2.46. The first kappa shape index (κ1) is 17.3. The second-order valence-corrected chi connectivity index (χ2v) is 7.87. The molecule has 28 heavy (non-hydrogen) atoms. The van der Waals surface area contributed by atoms with Gasteiger partial charge in [0.05, 0.1) is 25.3 Å². The van der Waals surface area contributed by atoms with Crippen molar-refractivity contribution >= 4 is 16.7 Å². The van der Waals surface area contributed by atoms with Crippen molar-refractivity contribution in [2.24, 2.45) is 0 Å². The number of anilines is 1. The van der Waals surface area contributed by atoms with Gasteiger partial charge in [0.1, 0.15) is 17.0 Å². The van der Waals surface area contributed by atoms with Crippen molar-refractivity contribution in [1.82, 2.24) is 19.7 Å². The minimum Gasteiger partial charge on any atom is -0.497 e. The van der Waals surface area contributed by atoms with Crippen LogP contribution in [0.25, 0.3) is 11.0 Å². The zero-order valence-electron chi connectivity index (χ0n) is 16.1. The second kappa shape index (κ2) is 6.96. The first-order valence-corrected chi connectivity index (χ1v) is 10.1. The summed E-state index contributed by atoms with van der Waals surface area (Å²) in [7, 11) is 1.68. The van der Waals surface area contributed by atoms with E-state index < -0.39 is 0 Å². The van der Waals surface area contributed by atoms with Gasteiger partial charge in [0.25, 0.3) is 5.56 Å². The van der Waals surface area contributed by atoms with Crippen LogP contribution in [0.4, 0.5) is 5.69 Å². The summed E-state index contributed by atoms with van der Waals surface area (Å²) in [5, 5.41) is 5.11. The van der Waals surface area contributed by atoms with Gasteiger partial charge in [-0.15, -0.1) is 0 Å². The summed E-state index contributed by atoms with van der Waals surface area (Å²) in [6.45, 7) is 1.67. The summed E-state index contributed by atoms with van der Waals surface area (Å²) in [5.74, 6) is 1.84. The molecule has 7 heteroatoms. The highest BCUT2D eigenvalue weighted by Gasteiger charge is 2.31. The van der Waals surface area contributed by atoms with Gasteiger partial charge in [-0.3, -0.25) is 4.79 Å². The fraction of sp³-hybridized carbons (Fsp3) is 0.476. The maximum atomic E-state index is 12.6. The highest BCUT2D eigenvalue weighted by molar-refractivity contribution is 5.73. The van der Waals surface area contributed by atoms with Crippen LogP contribution in [0.3, 0.4) is 0 Å². The van der Waals surface area contributed by atoms with Gasteiger partial charge in [-0.1, -0.05) is 25.3 Å². The fourth-order valence-corrected chi connectivity index (χ4v) is 4.41. The van der Waals surface area contributed by atoms with Gasteiger partial charge in [-0.25, -0.2) is 9.67 Å². The van der Waals surface area contributed by atoms with Gasteiger partial charge >= 0.3 is 0 Å². The molecule has 2 fully saturated rings. The molecule has 2 aromatic heterocycles. The Balaban J connectivity index is 1.40. The third kappa shape index (κ3) is 2.95. The Labute approximate surface area is 163 Å². The number of ether oxygens (including phenoxy) is 1. The zero-order chi connectivity index (χ0) is 19.1. The SMILES string of the molecule is COc1cccc(N2CC(c3nc4c(cnn4C4CCCCC4)c(=O)[nH]3)C2)c1. The Morgan fingerprint density at radius 2 is 2.00 bits per heavy atom. The van der Waals surface area contributed by atoms with E-state index in [1.165, 1.54) is 19.3 Å². The predicted octanol–water partition coefficient (Wildman–Crippen LogP) is 3.24. The lowest BCUT2D eigenvalue weighted by Gasteiger charge is -2.40. The highest BCUT2D eigenvalue weighted by Crippen LogP contribution is 2.33. The monoisotopic (exact) mass is 379 g/mol. The van der Waals surface area contributed by atoms with Gasteiger partial charge in [-0.2, -0.15) is 5.10 Å². The molecule has 0 bridgehead atoms. The predicted molar refractivity (Wildman–Crippen MR) is 108 cm³/mol. The van der Waals surface area contributed by atoms with Crippen molar-refractivity contribution in [2.75, 3.05) is 25.1 Å². The van der Waals surface area contributed by atoms with Crippen LogP contribution < -0.4 is 15.2 Å². The van der Waals surface area contributed by atoms with E-state index >= 15 is 0 Å². The lowest BCUT2D eigenvalue weighted by atomic mass is 9.95. The molecule has 0 unspecified atom stereocenters. The lowest BCUT2D eigenvalue weighted by molar-refractivity contribution is 0.335. The summed E-state index contributed by atoms with van der Waals surface area (Å²) >= 11 is 0. The maximum absolute atomic E-state index is 12.6. The van der Waals surface area contributed by atoms with Crippen LogP contribution in [0.1, 0.15) is 49.9 Å². The average molecular weight is 379 g/mol. The van der Waals surface area contributed by atoms with E-state index in [-0.39, 0.29) is 11.5 Å². The summed E-state index contributed by atoms with van der Waals surface area (Å²) in [5.41, 5.74) is 1.79. The molecular weight excluding hydrogens is 354 g/mol. The molecule has 0 amide bonds. The molecule has 146 valence electrons. The van der Waals surface area contributed by atoms with Gasteiger partial charge in [0.15, 0.2) is 5.65 Å². The number of methoxy groups -OCH3 is 1. The minimum absolute atomic E-state index is 0.0816. The summed E-state index contributed by atoms with van der Waals surface area (Å²) < 4.78 is 7.31. The molecule has 1 aliphatic heterocycles. The van der Waals surface area contributed by atoms with Gasteiger partial charge in [0.2, 0.25) is 0 Å². The first-order chi connectivity index (χ1) is 13.7. The van der Waals surface area contributed by atoms with Crippen LogP contribution in [0, 0.1) is 0 Å². The molecule has 0 spiro atoms. The second-order valence-electron chi connectivity index (χ2n) is 7.87. The number of nitrogens with zero attached hydrogens (tertiary/aromatic N) is 4. The molecule has 1 saturated carbocycles. The summed E-state index contributed by atoms with van der Waals surface area (Å²) in [6.07, 6.45) is 7.64. The Bertz CT molecular complexity index is 1040. The normalized spacial score (nSPS) is 18.4. The molecule has 1 N–H and O–H groups in total. The molecule has 0 atom stereocenters. The molecule has 3 aromatic rings. The number of benzene rings is 1. The van der Waals surface area contributed by atoms with Gasteiger partial charge in [-0.05, 0) is 25.0 Å². The standard InChI is InChI=1S/C21H25N5O2/c1-28-17-9-5-8-16(10-17)25-12-14(13-25)19-23-20-18(21(27)24-19)11-22-26(20)15-6-3-2-4-7-15/h5,8-11,14-15H,2-4,6-7,12-13H2,1H3,(H,23,24,27). The van der Waals surface area contributed by atoms with Crippen molar-refractivity contribution in [3.63, 3.8) is 0 Å². The number of fused-ring (bicyclic) bond motifs is 1. The molecule has 0 radical (unpaired) electrons. The summed E-state index contributed by atoms with van der Waals surface area (Å²) in [4.78, 5) is 22.7. The Hall–Kier alpha value is -2.83. The molecule has 1 saturated heterocycles. The number of hydrogen-bond acceptors (Lipinski definition) is 5. The third-order valence-corrected chi connectivity index (χ3v) is 6.09. The smallest absolute Gasteiger partial charge is 0.262 e. The number of aromatic amines is 1. The van der Waals surface area contributed by atoms with Gasteiger partial charge < -0.3 is 14.6 Å².